The first-order valence-electron chi connectivity index (χ1n) is 8.71. The van der Waals surface area contributed by atoms with Crippen molar-refractivity contribution >= 4 is 23.3 Å². The first kappa shape index (κ1) is 19.5. The van der Waals surface area contributed by atoms with Gasteiger partial charge in [0, 0.05) is 11.4 Å². The van der Waals surface area contributed by atoms with E-state index in [4.69, 9.17) is 4.74 Å². The van der Waals surface area contributed by atoms with E-state index in [1.165, 1.54) is 0 Å². The Bertz CT molecular complexity index is 762. The van der Waals surface area contributed by atoms with Gasteiger partial charge in [-0.1, -0.05) is 39.0 Å². The second kappa shape index (κ2) is 8.52. The average molecular weight is 354 g/mol. The van der Waals surface area contributed by atoms with Crippen molar-refractivity contribution in [1.82, 2.24) is 0 Å². The summed E-state index contributed by atoms with van der Waals surface area (Å²) in [5.41, 5.74) is 3.11. The zero-order valence-corrected chi connectivity index (χ0v) is 15.8. The number of anilines is 2. The van der Waals surface area contributed by atoms with Gasteiger partial charge < -0.3 is 15.4 Å². The molecule has 0 radical (unpaired) electrons. The van der Waals surface area contributed by atoms with E-state index in [0.717, 1.165) is 16.9 Å². The Morgan fingerprint density at radius 2 is 1.65 bits per heavy atom. The molecule has 2 rings (SSSR count). The minimum absolute atomic E-state index is 0.0553. The van der Waals surface area contributed by atoms with Crippen LogP contribution in [0.5, 0.6) is 0 Å². The van der Waals surface area contributed by atoms with Crippen LogP contribution in [0, 0.1) is 0 Å². The second-order valence-electron chi connectivity index (χ2n) is 7.00. The van der Waals surface area contributed by atoms with Gasteiger partial charge in [-0.05, 0) is 48.2 Å². The number of benzene rings is 2. The molecule has 0 heterocycles. The van der Waals surface area contributed by atoms with Gasteiger partial charge in [0.25, 0.3) is 0 Å². The standard InChI is InChI=1S/C21H26N2O3/c1-5-26-20(25)15-10-12-16(13-11-15)22-14-19(24)23-18-9-7-6-8-17(18)21(2,3)4/h6-13,22H,5,14H2,1-4H3,(H,23,24). The van der Waals surface area contributed by atoms with Gasteiger partial charge in [0.2, 0.25) is 5.91 Å². The van der Waals surface area contributed by atoms with E-state index in [9.17, 15) is 9.59 Å². The highest BCUT2D eigenvalue weighted by Gasteiger charge is 2.18. The molecule has 138 valence electrons. The molecule has 0 aliphatic heterocycles. The lowest BCUT2D eigenvalue weighted by molar-refractivity contribution is -0.114. The maximum atomic E-state index is 12.3. The summed E-state index contributed by atoms with van der Waals surface area (Å²) in [7, 11) is 0. The molecule has 26 heavy (non-hydrogen) atoms. The predicted molar refractivity (Wildman–Crippen MR) is 105 cm³/mol. The summed E-state index contributed by atoms with van der Waals surface area (Å²) in [5.74, 6) is -0.480. The zero-order valence-electron chi connectivity index (χ0n) is 15.8. The van der Waals surface area contributed by atoms with Gasteiger partial charge in [-0.3, -0.25) is 4.79 Å². The van der Waals surface area contributed by atoms with Crippen molar-refractivity contribution in [3.05, 3.63) is 59.7 Å². The lowest BCUT2D eigenvalue weighted by Crippen LogP contribution is -2.24. The van der Waals surface area contributed by atoms with E-state index < -0.39 is 0 Å². The van der Waals surface area contributed by atoms with Crippen LogP contribution in [0.15, 0.2) is 48.5 Å². The third kappa shape index (κ3) is 5.34. The van der Waals surface area contributed by atoms with Crippen LogP contribution in [0.2, 0.25) is 0 Å². The maximum Gasteiger partial charge on any atom is 0.338 e. The molecule has 0 spiro atoms. The quantitative estimate of drug-likeness (QED) is 0.763. The van der Waals surface area contributed by atoms with E-state index in [2.05, 4.69) is 31.4 Å². The van der Waals surface area contributed by atoms with Gasteiger partial charge >= 0.3 is 5.97 Å². The molecule has 0 bridgehead atoms. The van der Waals surface area contributed by atoms with Gasteiger partial charge in [-0.25, -0.2) is 4.79 Å². The van der Waals surface area contributed by atoms with Gasteiger partial charge in [0.1, 0.15) is 0 Å². The molecule has 0 saturated carbocycles. The summed E-state index contributed by atoms with van der Waals surface area (Å²) >= 11 is 0. The lowest BCUT2D eigenvalue weighted by Gasteiger charge is -2.23. The van der Waals surface area contributed by atoms with Crippen molar-refractivity contribution in [2.75, 3.05) is 23.8 Å². The van der Waals surface area contributed by atoms with Crippen molar-refractivity contribution in [1.29, 1.82) is 0 Å². The Morgan fingerprint density at radius 1 is 1.00 bits per heavy atom. The largest absolute Gasteiger partial charge is 0.462 e. The Balaban J connectivity index is 1.95. The molecule has 1 amide bonds. The Kier molecular flexibility index (Phi) is 6.39. The summed E-state index contributed by atoms with van der Waals surface area (Å²) in [4.78, 5) is 23.9. The summed E-state index contributed by atoms with van der Waals surface area (Å²) in [5, 5.41) is 6.01. The Hall–Kier alpha value is -2.82. The minimum atomic E-state index is -0.351. The Morgan fingerprint density at radius 3 is 2.27 bits per heavy atom. The molecule has 0 fully saturated rings. The molecule has 0 aliphatic rings. The van der Waals surface area contributed by atoms with E-state index in [-0.39, 0.29) is 23.8 Å². The van der Waals surface area contributed by atoms with Gasteiger partial charge in [0.15, 0.2) is 0 Å². The molecule has 0 aliphatic carbocycles. The fourth-order valence-corrected chi connectivity index (χ4v) is 2.56. The fraction of sp³-hybridized carbons (Fsp3) is 0.333. The SMILES string of the molecule is CCOC(=O)c1ccc(NCC(=O)Nc2ccccc2C(C)(C)C)cc1. The molecule has 5 heteroatoms. The second-order valence-corrected chi connectivity index (χ2v) is 7.00. The average Bonchev–Trinajstić information content (AvgIpc) is 2.60. The van der Waals surface area contributed by atoms with Crippen molar-refractivity contribution < 1.29 is 14.3 Å². The predicted octanol–water partition coefficient (Wildman–Crippen LogP) is 4.21. The van der Waals surface area contributed by atoms with Crippen molar-refractivity contribution in [3.63, 3.8) is 0 Å². The number of hydrogen-bond acceptors (Lipinski definition) is 4. The third-order valence-corrected chi connectivity index (χ3v) is 3.86. The molecule has 2 aromatic rings. The lowest BCUT2D eigenvalue weighted by atomic mass is 9.86. The number of amides is 1. The van der Waals surface area contributed by atoms with Gasteiger partial charge in [-0.15, -0.1) is 0 Å². The molecule has 2 aromatic carbocycles. The molecule has 0 saturated heterocycles. The summed E-state index contributed by atoms with van der Waals surface area (Å²) in [6.45, 7) is 8.58. The van der Waals surface area contributed by atoms with Gasteiger partial charge in [-0.2, -0.15) is 0 Å². The number of ether oxygens (including phenoxy) is 1. The van der Waals surface area contributed by atoms with Crippen LogP contribution in [-0.2, 0) is 14.9 Å². The topological polar surface area (TPSA) is 67.4 Å². The number of rotatable bonds is 6. The maximum absolute atomic E-state index is 12.3. The number of nitrogens with one attached hydrogen (secondary N) is 2. The highest BCUT2D eigenvalue weighted by Crippen LogP contribution is 2.29. The summed E-state index contributed by atoms with van der Waals surface area (Å²) in [6.07, 6.45) is 0. The molecular weight excluding hydrogens is 328 g/mol. The molecule has 0 aromatic heterocycles. The highest BCUT2D eigenvalue weighted by molar-refractivity contribution is 5.95. The van der Waals surface area contributed by atoms with Crippen LogP contribution < -0.4 is 10.6 Å². The third-order valence-electron chi connectivity index (χ3n) is 3.86. The van der Waals surface area contributed by atoms with Crippen LogP contribution in [-0.4, -0.2) is 25.0 Å². The van der Waals surface area contributed by atoms with Crippen LogP contribution in [0.1, 0.15) is 43.6 Å². The molecule has 5 nitrogen and oxygen atoms in total. The molecule has 0 unspecified atom stereocenters. The smallest absolute Gasteiger partial charge is 0.338 e. The highest BCUT2D eigenvalue weighted by atomic mass is 16.5. The van der Waals surface area contributed by atoms with Crippen LogP contribution >= 0.6 is 0 Å². The number of carbonyl (C=O) groups excluding carboxylic acids is 2. The zero-order chi connectivity index (χ0) is 19.2. The van der Waals surface area contributed by atoms with E-state index in [1.54, 1.807) is 31.2 Å². The number of esters is 1. The summed E-state index contributed by atoms with van der Waals surface area (Å²) < 4.78 is 4.95. The van der Waals surface area contributed by atoms with E-state index in [1.807, 2.05) is 24.3 Å². The monoisotopic (exact) mass is 354 g/mol. The first-order valence-corrected chi connectivity index (χ1v) is 8.71. The fourth-order valence-electron chi connectivity index (χ4n) is 2.56. The van der Waals surface area contributed by atoms with Crippen molar-refractivity contribution in [2.45, 2.75) is 33.1 Å². The van der Waals surface area contributed by atoms with E-state index in [0.29, 0.717) is 12.2 Å². The minimum Gasteiger partial charge on any atom is -0.462 e. The van der Waals surface area contributed by atoms with Gasteiger partial charge in [0.05, 0.1) is 18.7 Å². The van der Waals surface area contributed by atoms with E-state index >= 15 is 0 Å². The van der Waals surface area contributed by atoms with Crippen molar-refractivity contribution in [2.24, 2.45) is 0 Å². The first-order chi connectivity index (χ1) is 12.3. The van der Waals surface area contributed by atoms with Crippen LogP contribution in [0.3, 0.4) is 0 Å². The molecular formula is C21H26N2O3. The number of para-hydroxylation sites is 1. The Labute approximate surface area is 154 Å². The number of carbonyl (C=O) groups is 2. The molecule has 2 N–H and O–H groups in total. The summed E-state index contributed by atoms with van der Waals surface area (Å²) in [6, 6.07) is 14.7. The van der Waals surface area contributed by atoms with Crippen LogP contribution in [0.25, 0.3) is 0 Å². The number of hydrogen-bond donors (Lipinski definition) is 2. The van der Waals surface area contributed by atoms with Crippen molar-refractivity contribution in [3.8, 4) is 0 Å². The normalized spacial score (nSPS) is 10.9. The van der Waals surface area contributed by atoms with Crippen LogP contribution in [0.4, 0.5) is 11.4 Å². The molecule has 0 atom stereocenters.